The molecule has 1 fully saturated rings. The lowest BCUT2D eigenvalue weighted by atomic mass is 10.4. The van der Waals surface area contributed by atoms with E-state index in [-0.39, 0.29) is 0 Å². The van der Waals surface area contributed by atoms with Crippen molar-refractivity contribution in [3.8, 4) is 0 Å². The second-order valence-electron chi connectivity index (χ2n) is 1.16. The van der Waals surface area contributed by atoms with Crippen LogP contribution in [0, 0.1) is 0 Å². The highest BCUT2D eigenvalue weighted by molar-refractivity contribution is 4.62. The van der Waals surface area contributed by atoms with Crippen LogP contribution >= 0.6 is 0 Å². The Balaban J connectivity index is 3.24. The highest BCUT2D eigenvalue weighted by atomic mass is 15.2. The van der Waals surface area contributed by atoms with Crippen molar-refractivity contribution >= 4 is 0 Å². The Kier molecular flexibility index (Phi) is 0.356. The van der Waals surface area contributed by atoms with Crippen LogP contribution in [0.5, 0.6) is 0 Å². The van der Waals surface area contributed by atoms with Gasteiger partial charge in [0.25, 0.3) is 0 Å². The highest BCUT2D eigenvalue weighted by Crippen LogP contribution is 1.82. The summed E-state index contributed by atoms with van der Waals surface area (Å²) in [6, 6.07) is 0. The minimum Gasteiger partial charge on any atom is -0.314 e. The molecule has 0 spiro atoms. The van der Waals surface area contributed by atoms with Crippen molar-refractivity contribution in [1.29, 1.82) is 0 Å². The fourth-order valence-corrected chi connectivity index (χ4v) is 0.283. The van der Waals surface area contributed by atoms with E-state index in [0.29, 0.717) is 4.90 Å². The van der Waals surface area contributed by atoms with Crippen LogP contribution in [0.4, 0.5) is 0 Å². The monoisotopic (exact) mass is 108 g/mol. The number of likely N-dealkylation sites (N-methyl/N-ethyl adjacent to an activating group) is 1. The molecule has 1 heterocycles. The molecular weight excluding hydrogens is 88.1 g/mol. The molecule has 0 bridgehead atoms. The predicted molar refractivity (Wildman–Crippen MR) is 30.4 cm³/mol. The first kappa shape index (κ1) is 1.09. The third-order valence-corrected chi connectivity index (χ3v) is 0.572. The Morgan fingerprint density at radius 2 is 2.14 bits per heavy atom. The zero-order valence-electron chi connectivity index (χ0n) is 11.9. The number of rotatable bonds is 0. The minimum atomic E-state index is -2.67. The van der Waals surface area contributed by atoms with Crippen molar-refractivity contribution in [2.75, 3.05) is 33.0 Å². The van der Waals surface area contributed by atoms with Crippen LogP contribution in [-0.4, -0.2) is 37.9 Å². The van der Waals surface area contributed by atoms with E-state index in [2.05, 4.69) is 0 Å². The van der Waals surface area contributed by atoms with Crippen LogP contribution in [0.1, 0.15) is 11.0 Å². The van der Waals surface area contributed by atoms with Crippen LogP contribution in [0.25, 0.3) is 0 Å². The van der Waals surface area contributed by atoms with Crippen molar-refractivity contribution in [2.45, 2.75) is 0 Å². The summed E-state index contributed by atoms with van der Waals surface area (Å²) in [5, 5.41) is 1.72. The third-order valence-electron chi connectivity index (χ3n) is 0.572. The molecule has 1 saturated heterocycles. The molecule has 0 amide bonds. The molecule has 0 aromatic carbocycles. The number of nitrogens with one attached hydrogen (secondary N) is 1. The average molecular weight is 108 g/mol. The molecule has 0 saturated carbocycles. The Morgan fingerprint density at radius 1 is 1.57 bits per heavy atom. The Labute approximate surface area is 55.7 Å². The zero-order valence-corrected chi connectivity index (χ0v) is 3.95. The fraction of sp³-hybridized carbons (Fsp3) is 1.00. The van der Waals surface area contributed by atoms with Gasteiger partial charge in [-0.2, -0.15) is 0 Å². The van der Waals surface area contributed by atoms with Gasteiger partial charge in [-0.1, -0.05) is 0 Å². The number of piperazine rings is 1. The lowest BCUT2D eigenvalue weighted by Crippen LogP contribution is -2.40. The number of nitrogens with zero attached hydrogens (tertiary/aromatic N) is 1. The molecule has 2 nitrogen and oxygen atoms in total. The molecule has 0 aromatic rings. The molecule has 1 aliphatic rings. The first-order valence-electron chi connectivity index (χ1n) is 5.89. The minimum absolute atomic E-state index is 0.427. The van der Waals surface area contributed by atoms with Crippen molar-refractivity contribution < 1.29 is 11.0 Å². The first-order chi connectivity index (χ1) is 6.36. The smallest absolute Gasteiger partial charge is 0.0444 e. The molecule has 1 aliphatic heterocycles. The SMILES string of the molecule is [2H]C1([2H])NC([2H])([2H])C([2H])([2H])N(C)C1([2H])[2H]. The second-order valence-corrected chi connectivity index (χ2v) is 1.16. The summed E-state index contributed by atoms with van der Waals surface area (Å²) in [7, 11) is 1.01. The summed E-state index contributed by atoms with van der Waals surface area (Å²) in [6.07, 6.45) is 0. The topological polar surface area (TPSA) is 15.3 Å². The summed E-state index contributed by atoms with van der Waals surface area (Å²) in [5.74, 6) is 0. The van der Waals surface area contributed by atoms with Crippen LogP contribution < -0.4 is 5.32 Å². The molecule has 0 unspecified atom stereocenters. The largest absolute Gasteiger partial charge is 0.314 e. The van der Waals surface area contributed by atoms with Gasteiger partial charge in [0.05, 0.1) is 0 Å². The van der Waals surface area contributed by atoms with Gasteiger partial charge in [0.15, 0.2) is 0 Å². The molecule has 2 heteroatoms. The Morgan fingerprint density at radius 3 is 2.71 bits per heavy atom. The lowest BCUT2D eigenvalue weighted by Gasteiger charge is -2.21. The summed E-state index contributed by atoms with van der Waals surface area (Å²) in [5.41, 5.74) is 0. The maximum absolute atomic E-state index is 7.42. The van der Waals surface area contributed by atoms with E-state index in [4.69, 9.17) is 11.0 Å². The van der Waals surface area contributed by atoms with E-state index >= 15 is 0 Å². The van der Waals surface area contributed by atoms with Crippen molar-refractivity contribution in [3.63, 3.8) is 0 Å². The van der Waals surface area contributed by atoms with Crippen molar-refractivity contribution in [2.24, 2.45) is 0 Å². The van der Waals surface area contributed by atoms with Crippen molar-refractivity contribution in [1.82, 2.24) is 10.2 Å². The van der Waals surface area contributed by atoms with Gasteiger partial charge in [-0.25, -0.2) is 0 Å². The Hall–Kier alpha value is -0.0800. The van der Waals surface area contributed by atoms with Gasteiger partial charge in [-0.3, -0.25) is 0 Å². The molecule has 7 heavy (non-hydrogen) atoms. The second kappa shape index (κ2) is 2.28. The zero-order chi connectivity index (χ0) is 12.3. The van der Waals surface area contributed by atoms with Crippen LogP contribution in [0.15, 0.2) is 0 Å². The van der Waals surface area contributed by atoms with Crippen molar-refractivity contribution in [3.05, 3.63) is 0 Å². The van der Waals surface area contributed by atoms with Crippen LogP contribution in [0.3, 0.4) is 0 Å². The summed E-state index contributed by atoms with van der Waals surface area (Å²) in [4.78, 5) is 0.427. The predicted octanol–water partition coefficient (Wildman–Crippen LogP) is -0.479. The molecule has 0 aromatic heterocycles. The van der Waals surface area contributed by atoms with Gasteiger partial charge in [-0.15, -0.1) is 0 Å². The normalized spacial score (nSPS) is 71.0. The van der Waals surface area contributed by atoms with E-state index < -0.39 is 26.0 Å². The van der Waals surface area contributed by atoms with Gasteiger partial charge in [0, 0.05) is 37.0 Å². The number of hydrogen-bond donors (Lipinski definition) is 1. The molecule has 42 valence electrons. The Bertz CT molecular complexity index is 248. The van der Waals surface area contributed by atoms with E-state index in [0.717, 1.165) is 7.05 Å². The summed E-state index contributed by atoms with van der Waals surface area (Å²) < 4.78 is 59.0. The quantitative estimate of drug-likeness (QED) is 0.451. The standard InChI is InChI=1S/C5H12N2/c1-7-4-2-6-3-5-7/h6H,2-5H2,1H3/i2D2,3D2,4D2,5D2. The molecule has 0 aliphatic carbocycles. The molecular formula is C5H12N2. The molecule has 0 atom stereocenters. The molecule has 1 rings (SSSR count). The number of hydrogen-bond acceptors (Lipinski definition) is 2. The molecule has 1 N–H and O–H groups in total. The van der Waals surface area contributed by atoms with Crippen LogP contribution in [0.2, 0.25) is 0 Å². The molecule has 0 radical (unpaired) electrons. The van der Waals surface area contributed by atoms with Gasteiger partial charge in [-0.05, 0) is 7.05 Å². The maximum Gasteiger partial charge on any atom is 0.0444 e. The van der Waals surface area contributed by atoms with Gasteiger partial charge >= 0.3 is 0 Å². The fourth-order valence-electron chi connectivity index (χ4n) is 0.283. The van der Waals surface area contributed by atoms with Crippen LogP contribution in [-0.2, 0) is 0 Å². The lowest BCUT2D eigenvalue weighted by molar-refractivity contribution is 0.291. The summed E-state index contributed by atoms with van der Waals surface area (Å²) in [6.45, 7) is -10.6. The van der Waals surface area contributed by atoms with Gasteiger partial charge in [0.2, 0.25) is 0 Å². The summed E-state index contributed by atoms with van der Waals surface area (Å²) >= 11 is 0. The maximum atomic E-state index is 7.42. The van der Waals surface area contributed by atoms with E-state index in [1.165, 1.54) is 0 Å². The van der Waals surface area contributed by atoms with E-state index in [1.54, 1.807) is 5.32 Å². The average Bonchev–Trinajstić information content (AvgIpc) is 1.98. The van der Waals surface area contributed by atoms with E-state index in [9.17, 15) is 0 Å². The van der Waals surface area contributed by atoms with Gasteiger partial charge < -0.3 is 10.2 Å². The highest BCUT2D eigenvalue weighted by Gasteiger charge is 2.01. The third kappa shape index (κ3) is 1.45. The van der Waals surface area contributed by atoms with Gasteiger partial charge in [0.1, 0.15) is 0 Å². The first-order valence-corrected chi connectivity index (χ1v) is 1.89. The van der Waals surface area contributed by atoms with E-state index in [1.807, 2.05) is 0 Å².